The Kier molecular flexibility index (Phi) is 5.18. The fourth-order valence-electron chi connectivity index (χ4n) is 3.79. The van der Waals surface area contributed by atoms with Crippen molar-refractivity contribution in [3.63, 3.8) is 0 Å². The van der Waals surface area contributed by atoms with Crippen LogP contribution in [0.3, 0.4) is 0 Å². The smallest absolute Gasteiger partial charge is 0.186 e. The number of thiazole rings is 1. The lowest BCUT2D eigenvalue weighted by molar-refractivity contribution is 0.188. The van der Waals surface area contributed by atoms with Crippen LogP contribution in [0.2, 0.25) is 5.02 Å². The zero-order valence-corrected chi connectivity index (χ0v) is 18.4. The van der Waals surface area contributed by atoms with Crippen LogP contribution < -0.4 is 9.80 Å². The second kappa shape index (κ2) is 7.98. The van der Waals surface area contributed by atoms with Crippen molar-refractivity contribution in [1.29, 1.82) is 0 Å². The van der Waals surface area contributed by atoms with Gasteiger partial charge in [0.25, 0.3) is 0 Å². The number of benzene rings is 1. The first kappa shape index (κ1) is 19.5. The van der Waals surface area contributed by atoms with Gasteiger partial charge in [-0.1, -0.05) is 29.0 Å². The summed E-state index contributed by atoms with van der Waals surface area (Å²) in [6, 6.07) is 3.98. The quantitative estimate of drug-likeness (QED) is 0.468. The summed E-state index contributed by atoms with van der Waals surface area (Å²) in [6.07, 6.45) is 3.43. The van der Waals surface area contributed by atoms with Crippen LogP contribution >= 0.6 is 22.9 Å². The largest absolute Gasteiger partial charge is 0.383 e. The number of fused-ring (bicyclic) bond motifs is 2. The van der Waals surface area contributed by atoms with E-state index in [0.29, 0.717) is 6.61 Å². The third kappa shape index (κ3) is 3.36. The van der Waals surface area contributed by atoms with E-state index in [1.54, 1.807) is 24.8 Å². The molecule has 0 unspecified atom stereocenters. The molecule has 156 valence electrons. The molecule has 1 aromatic carbocycles. The van der Waals surface area contributed by atoms with Gasteiger partial charge in [0.1, 0.15) is 6.33 Å². The molecule has 0 aliphatic carbocycles. The number of imidazole rings is 1. The molecule has 8 nitrogen and oxygen atoms in total. The summed E-state index contributed by atoms with van der Waals surface area (Å²) in [5.41, 5.74) is 3.84. The first-order chi connectivity index (χ1) is 14.7. The molecule has 0 spiro atoms. The Hall–Kier alpha value is -2.49. The Balaban J connectivity index is 1.36. The van der Waals surface area contributed by atoms with Crippen molar-refractivity contribution in [2.75, 3.05) is 49.7 Å². The van der Waals surface area contributed by atoms with E-state index in [0.717, 1.165) is 75.6 Å². The highest BCUT2D eigenvalue weighted by Gasteiger charge is 2.24. The summed E-state index contributed by atoms with van der Waals surface area (Å²) in [7, 11) is 1.69. The Morgan fingerprint density at radius 2 is 1.87 bits per heavy atom. The molecule has 4 heterocycles. The summed E-state index contributed by atoms with van der Waals surface area (Å²) in [6.45, 7) is 6.84. The summed E-state index contributed by atoms with van der Waals surface area (Å²) in [5, 5.41) is 1.79. The maximum Gasteiger partial charge on any atom is 0.186 e. The second-order valence-electron chi connectivity index (χ2n) is 7.31. The van der Waals surface area contributed by atoms with Crippen LogP contribution in [0.1, 0.15) is 5.56 Å². The number of aromatic nitrogens is 5. The molecule has 3 aromatic heterocycles. The average Bonchev–Trinajstić information content (AvgIpc) is 3.40. The minimum absolute atomic E-state index is 0.620. The Bertz CT molecular complexity index is 1160. The molecule has 4 aromatic rings. The molecule has 0 bridgehead atoms. The SMILES string of the molecule is COCCn1cnc2c(N3CCN(c4nc5c(C)ccc(Cl)c5s4)CC3)ncnc21. The van der Waals surface area contributed by atoms with Crippen LogP contribution in [-0.2, 0) is 11.3 Å². The summed E-state index contributed by atoms with van der Waals surface area (Å²) in [4.78, 5) is 23.0. The van der Waals surface area contributed by atoms with E-state index >= 15 is 0 Å². The summed E-state index contributed by atoms with van der Waals surface area (Å²) >= 11 is 8.05. The Morgan fingerprint density at radius 3 is 2.63 bits per heavy atom. The summed E-state index contributed by atoms with van der Waals surface area (Å²) < 4.78 is 8.25. The van der Waals surface area contributed by atoms with Crippen LogP contribution in [0.4, 0.5) is 10.9 Å². The third-order valence-corrected chi connectivity index (χ3v) is 7.03. The van der Waals surface area contributed by atoms with E-state index < -0.39 is 0 Å². The van der Waals surface area contributed by atoms with Gasteiger partial charge < -0.3 is 19.1 Å². The number of nitrogens with zero attached hydrogens (tertiary/aromatic N) is 7. The van der Waals surface area contributed by atoms with E-state index in [9.17, 15) is 0 Å². The van der Waals surface area contributed by atoms with Crippen LogP contribution in [0.5, 0.6) is 0 Å². The molecule has 0 N–H and O–H groups in total. The van der Waals surface area contributed by atoms with E-state index in [1.165, 1.54) is 0 Å². The fourth-order valence-corrected chi connectivity index (χ4v) is 5.16. The van der Waals surface area contributed by atoms with E-state index in [-0.39, 0.29) is 0 Å². The van der Waals surface area contributed by atoms with Crippen LogP contribution in [-0.4, -0.2) is 64.4 Å². The van der Waals surface area contributed by atoms with Gasteiger partial charge in [-0.3, -0.25) is 0 Å². The van der Waals surface area contributed by atoms with Gasteiger partial charge in [0.05, 0.1) is 28.2 Å². The van der Waals surface area contributed by atoms with Gasteiger partial charge in [0.2, 0.25) is 0 Å². The maximum atomic E-state index is 6.39. The summed E-state index contributed by atoms with van der Waals surface area (Å²) in [5.74, 6) is 0.888. The number of rotatable bonds is 5. The van der Waals surface area contributed by atoms with Crippen molar-refractivity contribution in [1.82, 2.24) is 24.5 Å². The van der Waals surface area contributed by atoms with E-state index in [2.05, 4.69) is 31.7 Å². The molecule has 0 amide bonds. The van der Waals surface area contributed by atoms with Crippen LogP contribution in [0.15, 0.2) is 24.8 Å². The number of ether oxygens (including phenoxy) is 1. The number of aryl methyl sites for hydroxylation is 1. The van der Waals surface area contributed by atoms with Gasteiger partial charge in [0.15, 0.2) is 22.1 Å². The van der Waals surface area contributed by atoms with Crippen molar-refractivity contribution in [3.8, 4) is 0 Å². The lowest BCUT2D eigenvalue weighted by atomic mass is 10.2. The number of halogens is 1. The normalized spacial score (nSPS) is 14.9. The zero-order valence-electron chi connectivity index (χ0n) is 16.9. The molecule has 1 saturated heterocycles. The van der Waals surface area contributed by atoms with Crippen molar-refractivity contribution < 1.29 is 4.74 Å². The monoisotopic (exact) mass is 443 g/mol. The molecule has 5 rings (SSSR count). The number of piperazine rings is 1. The third-order valence-electron chi connectivity index (χ3n) is 5.45. The van der Waals surface area contributed by atoms with Crippen molar-refractivity contribution >= 4 is 55.3 Å². The van der Waals surface area contributed by atoms with Crippen LogP contribution in [0.25, 0.3) is 21.4 Å². The van der Waals surface area contributed by atoms with Crippen molar-refractivity contribution in [2.24, 2.45) is 0 Å². The molecular formula is C20H22ClN7OS. The van der Waals surface area contributed by atoms with Gasteiger partial charge in [0, 0.05) is 39.8 Å². The highest BCUT2D eigenvalue weighted by molar-refractivity contribution is 7.22. The van der Waals surface area contributed by atoms with Crippen molar-refractivity contribution in [2.45, 2.75) is 13.5 Å². The predicted octanol–water partition coefficient (Wildman–Crippen LogP) is 3.37. The van der Waals surface area contributed by atoms with Gasteiger partial charge in [-0.15, -0.1) is 0 Å². The van der Waals surface area contributed by atoms with Gasteiger partial charge in [-0.2, -0.15) is 0 Å². The second-order valence-corrected chi connectivity index (χ2v) is 8.70. The lowest BCUT2D eigenvalue weighted by Gasteiger charge is -2.35. The number of hydrogen-bond acceptors (Lipinski definition) is 8. The van der Waals surface area contributed by atoms with Gasteiger partial charge in [-0.05, 0) is 18.6 Å². The number of hydrogen-bond donors (Lipinski definition) is 0. The van der Waals surface area contributed by atoms with Gasteiger partial charge in [-0.25, -0.2) is 19.9 Å². The first-order valence-corrected chi connectivity index (χ1v) is 11.1. The zero-order chi connectivity index (χ0) is 20.7. The Morgan fingerprint density at radius 1 is 1.07 bits per heavy atom. The highest BCUT2D eigenvalue weighted by Crippen LogP contribution is 2.36. The minimum atomic E-state index is 0.620. The molecule has 1 aliphatic heterocycles. The molecule has 1 fully saturated rings. The standard InChI is InChI=1S/C20H22ClN7OS/c1-13-3-4-14(21)17-15(13)25-20(30-17)27-7-5-26(6-8-27)18-16-19(23-11-22-18)28(12-24-16)9-10-29-2/h3-4,11-12H,5-10H2,1-2H3. The lowest BCUT2D eigenvalue weighted by Crippen LogP contribution is -2.46. The molecule has 0 saturated carbocycles. The molecule has 1 aliphatic rings. The maximum absolute atomic E-state index is 6.39. The number of anilines is 2. The highest BCUT2D eigenvalue weighted by atomic mass is 35.5. The first-order valence-electron chi connectivity index (χ1n) is 9.86. The number of methoxy groups -OCH3 is 1. The molecular weight excluding hydrogens is 422 g/mol. The molecule has 0 radical (unpaired) electrons. The fraction of sp³-hybridized carbons (Fsp3) is 0.400. The minimum Gasteiger partial charge on any atom is -0.383 e. The van der Waals surface area contributed by atoms with Crippen LogP contribution in [0, 0.1) is 6.92 Å². The Labute approximate surface area is 183 Å². The predicted molar refractivity (Wildman–Crippen MR) is 121 cm³/mol. The molecule has 0 atom stereocenters. The van der Waals surface area contributed by atoms with E-state index in [4.69, 9.17) is 21.3 Å². The van der Waals surface area contributed by atoms with E-state index in [1.807, 2.05) is 23.0 Å². The molecule has 10 heteroatoms. The average molecular weight is 444 g/mol. The van der Waals surface area contributed by atoms with Gasteiger partial charge >= 0.3 is 0 Å². The topological polar surface area (TPSA) is 72.2 Å². The molecule has 30 heavy (non-hydrogen) atoms. The van der Waals surface area contributed by atoms with Crippen molar-refractivity contribution in [3.05, 3.63) is 35.4 Å².